The summed E-state index contributed by atoms with van der Waals surface area (Å²) in [5.41, 5.74) is 1.20. The third-order valence-electron chi connectivity index (χ3n) is 4.16. The van der Waals surface area contributed by atoms with Crippen molar-refractivity contribution in [3.05, 3.63) is 35.9 Å². The van der Waals surface area contributed by atoms with Gasteiger partial charge in [0, 0.05) is 13.1 Å². The molecule has 0 unspecified atom stereocenters. The molecule has 0 aliphatic carbocycles. The Balaban J connectivity index is 1.96. The molecule has 4 nitrogen and oxygen atoms in total. The molecule has 1 aliphatic rings. The number of hydrogen-bond acceptors (Lipinski definition) is 3. The maximum atomic E-state index is 12.5. The number of carbonyl (C=O) groups excluding carboxylic acids is 1. The number of likely N-dealkylation sites (tertiary alicyclic amines) is 1. The summed E-state index contributed by atoms with van der Waals surface area (Å²) in [7, 11) is 1.97. The second-order valence-electron chi connectivity index (χ2n) is 5.59. The SMILES string of the molecule is C[C@@H](C(=O)N1CCC[C@H]1CO)N(C)Cc1ccccc1. The lowest BCUT2D eigenvalue weighted by molar-refractivity contribution is -0.137. The molecule has 1 heterocycles. The molecule has 0 aromatic heterocycles. The van der Waals surface area contributed by atoms with Crippen molar-refractivity contribution in [2.45, 2.75) is 38.4 Å². The standard InChI is InChI=1S/C16H24N2O2/c1-13(16(20)18-10-6-9-15(18)12-19)17(2)11-14-7-4-3-5-8-14/h3-5,7-8,13,15,19H,6,9-12H2,1-2H3/t13-,15-/m0/s1. The maximum Gasteiger partial charge on any atom is 0.239 e. The molecule has 1 fully saturated rings. The van der Waals surface area contributed by atoms with Crippen LogP contribution in [0.3, 0.4) is 0 Å². The average molecular weight is 276 g/mol. The molecule has 0 radical (unpaired) electrons. The fraction of sp³-hybridized carbons (Fsp3) is 0.562. The Morgan fingerprint density at radius 3 is 2.80 bits per heavy atom. The van der Waals surface area contributed by atoms with E-state index in [1.54, 1.807) is 0 Å². The van der Waals surface area contributed by atoms with Gasteiger partial charge in [0.25, 0.3) is 0 Å². The van der Waals surface area contributed by atoms with Crippen molar-refractivity contribution in [2.24, 2.45) is 0 Å². The minimum Gasteiger partial charge on any atom is -0.394 e. The van der Waals surface area contributed by atoms with Crippen molar-refractivity contribution < 1.29 is 9.90 Å². The van der Waals surface area contributed by atoms with Crippen LogP contribution in [0.25, 0.3) is 0 Å². The highest BCUT2D eigenvalue weighted by Crippen LogP contribution is 2.19. The molecular formula is C16H24N2O2. The molecule has 2 rings (SSSR count). The summed E-state index contributed by atoms with van der Waals surface area (Å²) in [6.07, 6.45) is 1.91. The van der Waals surface area contributed by atoms with Crippen LogP contribution in [0, 0.1) is 0 Å². The van der Waals surface area contributed by atoms with Gasteiger partial charge in [0.2, 0.25) is 5.91 Å². The third-order valence-corrected chi connectivity index (χ3v) is 4.16. The van der Waals surface area contributed by atoms with Gasteiger partial charge < -0.3 is 10.0 Å². The zero-order valence-corrected chi connectivity index (χ0v) is 12.3. The molecule has 20 heavy (non-hydrogen) atoms. The number of nitrogens with zero attached hydrogens (tertiary/aromatic N) is 2. The van der Waals surface area contributed by atoms with Gasteiger partial charge >= 0.3 is 0 Å². The first kappa shape index (κ1) is 15.0. The van der Waals surface area contributed by atoms with Gasteiger partial charge in [-0.05, 0) is 32.4 Å². The van der Waals surface area contributed by atoms with Crippen molar-refractivity contribution >= 4 is 5.91 Å². The summed E-state index contributed by atoms with van der Waals surface area (Å²) in [6, 6.07) is 10.0. The number of aliphatic hydroxyl groups excluding tert-OH is 1. The van der Waals surface area contributed by atoms with E-state index >= 15 is 0 Å². The Morgan fingerprint density at radius 1 is 1.45 bits per heavy atom. The minimum atomic E-state index is -0.164. The first-order chi connectivity index (χ1) is 9.63. The lowest BCUT2D eigenvalue weighted by Crippen LogP contribution is -2.48. The number of likely N-dealkylation sites (N-methyl/N-ethyl adjacent to an activating group) is 1. The molecule has 0 spiro atoms. The molecular weight excluding hydrogens is 252 g/mol. The van der Waals surface area contributed by atoms with E-state index in [4.69, 9.17) is 0 Å². The van der Waals surface area contributed by atoms with Crippen molar-refractivity contribution in [2.75, 3.05) is 20.2 Å². The molecule has 1 saturated heterocycles. The van der Waals surface area contributed by atoms with E-state index in [0.717, 1.165) is 25.9 Å². The van der Waals surface area contributed by atoms with Crippen LogP contribution in [0.4, 0.5) is 0 Å². The van der Waals surface area contributed by atoms with E-state index in [0.29, 0.717) is 0 Å². The van der Waals surface area contributed by atoms with Gasteiger partial charge in [0.15, 0.2) is 0 Å². The van der Waals surface area contributed by atoms with E-state index < -0.39 is 0 Å². The van der Waals surface area contributed by atoms with Gasteiger partial charge in [0.05, 0.1) is 18.7 Å². The maximum absolute atomic E-state index is 12.5. The fourth-order valence-electron chi connectivity index (χ4n) is 2.75. The van der Waals surface area contributed by atoms with Gasteiger partial charge in [-0.2, -0.15) is 0 Å². The van der Waals surface area contributed by atoms with E-state index in [9.17, 15) is 9.90 Å². The fourth-order valence-corrected chi connectivity index (χ4v) is 2.75. The summed E-state index contributed by atoms with van der Waals surface area (Å²) in [6.45, 7) is 3.54. The van der Waals surface area contributed by atoms with Crippen LogP contribution < -0.4 is 0 Å². The predicted molar refractivity (Wildman–Crippen MR) is 79.2 cm³/mol. The quantitative estimate of drug-likeness (QED) is 0.886. The highest BCUT2D eigenvalue weighted by Gasteiger charge is 2.32. The lowest BCUT2D eigenvalue weighted by atomic mass is 10.1. The van der Waals surface area contributed by atoms with Crippen molar-refractivity contribution in [3.8, 4) is 0 Å². The highest BCUT2D eigenvalue weighted by atomic mass is 16.3. The molecule has 1 amide bonds. The van der Waals surface area contributed by atoms with Crippen LogP contribution in [0.2, 0.25) is 0 Å². The summed E-state index contributed by atoms with van der Waals surface area (Å²) in [5, 5.41) is 9.33. The summed E-state index contributed by atoms with van der Waals surface area (Å²) < 4.78 is 0. The van der Waals surface area contributed by atoms with Crippen LogP contribution in [-0.2, 0) is 11.3 Å². The average Bonchev–Trinajstić information content (AvgIpc) is 2.95. The number of aliphatic hydroxyl groups is 1. The first-order valence-electron chi connectivity index (χ1n) is 7.29. The molecule has 0 bridgehead atoms. The van der Waals surface area contributed by atoms with Crippen LogP contribution in [0.5, 0.6) is 0 Å². The summed E-state index contributed by atoms with van der Waals surface area (Å²) >= 11 is 0. The zero-order chi connectivity index (χ0) is 14.5. The Morgan fingerprint density at radius 2 is 2.15 bits per heavy atom. The van der Waals surface area contributed by atoms with E-state index in [1.807, 2.05) is 37.1 Å². The zero-order valence-electron chi connectivity index (χ0n) is 12.3. The van der Waals surface area contributed by atoms with E-state index in [-0.39, 0.29) is 24.6 Å². The third kappa shape index (κ3) is 3.38. The van der Waals surface area contributed by atoms with Gasteiger partial charge in [0.1, 0.15) is 0 Å². The lowest BCUT2D eigenvalue weighted by Gasteiger charge is -2.31. The van der Waals surface area contributed by atoms with Crippen molar-refractivity contribution in [3.63, 3.8) is 0 Å². The van der Waals surface area contributed by atoms with Crippen molar-refractivity contribution in [1.82, 2.24) is 9.80 Å². The molecule has 1 aliphatic heterocycles. The molecule has 0 saturated carbocycles. The number of rotatable bonds is 5. The van der Waals surface area contributed by atoms with Crippen LogP contribution in [0.1, 0.15) is 25.3 Å². The molecule has 110 valence electrons. The monoisotopic (exact) mass is 276 g/mol. The minimum absolute atomic E-state index is 0.00933. The number of carbonyl (C=O) groups is 1. The summed E-state index contributed by atoms with van der Waals surface area (Å²) in [5.74, 6) is 0.125. The van der Waals surface area contributed by atoms with Crippen LogP contribution in [-0.4, -0.2) is 53.1 Å². The number of benzene rings is 1. The van der Waals surface area contributed by atoms with Crippen molar-refractivity contribution in [1.29, 1.82) is 0 Å². The Bertz CT molecular complexity index is 435. The molecule has 1 aromatic carbocycles. The highest BCUT2D eigenvalue weighted by molar-refractivity contribution is 5.82. The normalized spacial score (nSPS) is 20.4. The smallest absolute Gasteiger partial charge is 0.239 e. The molecule has 4 heteroatoms. The molecule has 1 aromatic rings. The van der Waals surface area contributed by atoms with Crippen LogP contribution >= 0.6 is 0 Å². The number of hydrogen-bond donors (Lipinski definition) is 1. The van der Waals surface area contributed by atoms with Gasteiger partial charge in [-0.15, -0.1) is 0 Å². The second-order valence-corrected chi connectivity index (χ2v) is 5.59. The van der Waals surface area contributed by atoms with E-state index in [1.165, 1.54) is 5.56 Å². The Kier molecular flexibility index (Phi) is 5.15. The predicted octanol–water partition coefficient (Wildman–Crippen LogP) is 1.49. The van der Waals surface area contributed by atoms with E-state index in [2.05, 4.69) is 17.0 Å². The number of amides is 1. The van der Waals surface area contributed by atoms with Gasteiger partial charge in [-0.25, -0.2) is 0 Å². The largest absolute Gasteiger partial charge is 0.394 e. The van der Waals surface area contributed by atoms with Gasteiger partial charge in [-0.1, -0.05) is 30.3 Å². The molecule has 2 atom stereocenters. The Labute approximate surface area is 121 Å². The van der Waals surface area contributed by atoms with Gasteiger partial charge in [-0.3, -0.25) is 9.69 Å². The van der Waals surface area contributed by atoms with Crippen LogP contribution in [0.15, 0.2) is 30.3 Å². The summed E-state index contributed by atoms with van der Waals surface area (Å²) in [4.78, 5) is 16.4. The first-order valence-corrected chi connectivity index (χ1v) is 7.29. The molecule has 1 N–H and O–H groups in total. The topological polar surface area (TPSA) is 43.8 Å². The second kappa shape index (κ2) is 6.86. The Hall–Kier alpha value is -1.39.